The van der Waals surface area contributed by atoms with Gasteiger partial charge in [-0.2, -0.15) is 0 Å². The molecule has 0 saturated heterocycles. The number of carbonyl (C=O) groups excluding carboxylic acids is 1. The smallest absolute Gasteiger partial charge is 0.166 e. The van der Waals surface area contributed by atoms with Crippen LogP contribution in [0.15, 0.2) is 28.4 Å². The van der Waals surface area contributed by atoms with E-state index < -0.39 is 0 Å². The second-order valence-electron chi connectivity index (χ2n) is 5.63. The highest BCUT2D eigenvalue weighted by molar-refractivity contribution is 6.08. The van der Waals surface area contributed by atoms with Crippen molar-refractivity contribution in [3.8, 4) is 0 Å². The first-order valence-corrected chi connectivity index (χ1v) is 7.25. The second-order valence-corrected chi connectivity index (χ2v) is 5.63. The van der Waals surface area contributed by atoms with E-state index in [2.05, 4.69) is 9.89 Å². The summed E-state index contributed by atoms with van der Waals surface area (Å²) in [4.78, 5) is 19.6. The lowest BCUT2D eigenvalue weighted by molar-refractivity contribution is -0.105. The van der Waals surface area contributed by atoms with Crippen LogP contribution in [0.1, 0.15) is 32.6 Å². The van der Waals surface area contributed by atoms with Crippen molar-refractivity contribution in [1.29, 1.82) is 0 Å². The number of aldehydes is 1. The number of nitrogens with zero attached hydrogens (tertiary/aromatic N) is 3. The average molecular weight is 277 g/mol. The van der Waals surface area contributed by atoms with E-state index in [0.29, 0.717) is 6.04 Å². The first kappa shape index (κ1) is 16.6. The fourth-order valence-electron chi connectivity index (χ4n) is 2.64. The summed E-state index contributed by atoms with van der Waals surface area (Å²) in [6.45, 7) is 1.98. The van der Waals surface area contributed by atoms with Gasteiger partial charge in [-0.15, -0.1) is 0 Å². The molecule has 112 valence electrons. The van der Waals surface area contributed by atoms with Gasteiger partial charge < -0.3 is 9.80 Å². The molecule has 0 unspecified atom stereocenters. The van der Waals surface area contributed by atoms with Gasteiger partial charge in [0.15, 0.2) is 6.29 Å². The number of amidine groups is 1. The highest BCUT2D eigenvalue weighted by Gasteiger charge is 2.32. The number of carbonyl (C=O) groups is 1. The SMILES string of the molecule is C/C=C1/C=C(C=O)N(C2CCCC2)C1=NC.CN(C)C. The van der Waals surface area contributed by atoms with Crippen molar-refractivity contribution >= 4 is 12.1 Å². The zero-order chi connectivity index (χ0) is 15.1. The molecule has 1 aliphatic carbocycles. The van der Waals surface area contributed by atoms with Gasteiger partial charge in [-0.3, -0.25) is 9.79 Å². The maximum atomic E-state index is 11.1. The largest absolute Gasteiger partial charge is 0.320 e. The molecular formula is C16H27N3O. The lowest BCUT2D eigenvalue weighted by Gasteiger charge is -2.27. The van der Waals surface area contributed by atoms with Crippen molar-refractivity contribution in [1.82, 2.24) is 9.80 Å². The zero-order valence-electron chi connectivity index (χ0n) is 13.4. The van der Waals surface area contributed by atoms with E-state index in [9.17, 15) is 4.79 Å². The molecule has 4 nitrogen and oxygen atoms in total. The Morgan fingerprint density at radius 1 is 1.30 bits per heavy atom. The molecule has 2 rings (SSSR count). The van der Waals surface area contributed by atoms with Gasteiger partial charge >= 0.3 is 0 Å². The molecule has 0 aromatic heterocycles. The topological polar surface area (TPSA) is 35.9 Å². The molecule has 1 heterocycles. The van der Waals surface area contributed by atoms with Gasteiger partial charge in [-0.05, 0) is 47.0 Å². The van der Waals surface area contributed by atoms with Crippen molar-refractivity contribution in [3.63, 3.8) is 0 Å². The van der Waals surface area contributed by atoms with Gasteiger partial charge in [0.2, 0.25) is 0 Å². The Labute approximate surface area is 122 Å². The first-order valence-electron chi connectivity index (χ1n) is 7.25. The second kappa shape index (κ2) is 8.00. The Hall–Kier alpha value is -1.42. The Kier molecular flexibility index (Phi) is 6.65. The highest BCUT2D eigenvalue weighted by Crippen LogP contribution is 2.31. The molecule has 0 aromatic carbocycles. The third-order valence-corrected chi connectivity index (χ3v) is 3.40. The number of hydrogen-bond donors (Lipinski definition) is 0. The van der Waals surface area contributed by atoms with Crippen LogP contribution in [-0.4, -0.2) is 56.2 Å². The summed E-state index contributed by atoms with van der Waals surface area (Å²) < 4.78 is 0. The molecule has 4 heteroatoms. The van der Waals surface area contributed by atoms with Crippen LogP contribution in [0.3, 0.4) is 0 Å². The number of hydrogen-bond acceptors (Lipinski definition) is 3. The molecule has 1 aliphatic heterocycles. The molecule has 0 aromatic rings. The predicted octanol–water partition coefficient (Wildman–Crippen LogP) is 2.48. The predicted molar refractivity (Wildman–Crippen MR) is 85.0 cm³/mol. The van der Waals surface area contributed by atoms with E-state index >= 15 is 0 Å². The minimum Gasteiger partial charge on any atom is -0.320 e. The first-order chi connectivity index (χ1) is 9.54. The van der Waals surface area contributed by atoms with E-state index in [0.717, 1.165) is 23.4 Å². The van der Waals surface area contributed by atoms with Crippen molar-refractivity contribution in [2.75, 3.05) is 28.2 Å². The zero-order valence-corrected chi connectivity index (χ0v) is 13.4. The van der Waals surface area contributed by atoms with Gasteiger partial charge in [0, 0.05) is 18.7 Å². The molecule has 1 fully saturated rings. The van der Waals surface area contributed by atoms with Crippen LogP contribution in [0.25, 0.3) is 0 Å². The molecule has 0 radical (unpaired) electrons. The van der Waals surface area contributed by atoms with Gasteiger partial charge in [-0.25, -0.2) is 0 Å². The van der Waals surface area contributed by atoms with Crippen LogP contribution >= 0.6 is 0 Å². The maximum Gasteiger partial charge on any atom is 0.166 e. The van der Waals surface area contributed by atoms with Crippen molar-refractivity contribution < 1.29 is 4.79 Å². The summed E-state index contributed by atoms with van der Waals surface area (Å²) in [5, 5.41) is 0. The molecular weight excluding hydrogens is 250 g/mol. The lowest BCUT2D eigenvalue weighted by atomic mass is 10.2. The third kappa shape index (κ3) is 4.04. The Morgan fingerprint density at radius 2 is 1.85 bits per heavy atom. The van der Waals surface area contributed by atoms with Crippen LogP contribution in [-0.2, 0) is 4.79 Å². The Balaban J connectivity index is 0.000000444. The minimum atomic E-state index is 0.465. The highest BCUT2D eigenvalue weighted by atomic mass is 16.1. The number of aliphatic imine (C=N–C) groups is 1. The van der Waals surface area contributed by atoms with Gasteiger partial charge in [-0.1, -0.05) is 18.9 Å². The molecule has 20 heavy (non-hydrogen) atoms. The lowest BCUT2D eigenvalue weighted by Crippen LogP contribution is -2.35. The van der Waals surface area contributed by atoms with E-state index in [1.165, 1.54) is 25.7 Å². The van der Waals surface area contributed by atoms with Crippen LogP contribution in [0.2, 0.25) is 0 Å². The normalized spacial score (nSPS) is 23.3. The molecule has 0 N–H and O–H groups in total. The maximum absolute atomic E-state index is 11.1. The molecule has 0 spiro atoms. The van der Waals surface area contributed by atoms with E-state index in [4.69, 9.17) is 0 Å². The molecule has 1 saturated carbocycles. The summed E-state index contributed by atoms with van der Waals surface area (Å²) in [6.07, 6.45) is 9.75. The van der Waals surface area contributed by atoms with E-state index in [-0.39, 0.29) is 0 Å². The summed E-state index contributed by atoms with van der Waals surface area (Å²) >= 11 is 0. The summed E-state index contributed by atoms with van der Waals surface area (Å²) in [6, 6.07) is 0.465. The van der Waals surface area contributed by atoms with E-state index in [1.54, 1.807) is 7.05 Å². The molecule has 0 atom stereocenters. The third-order valence-electron chi connectivity index (χ3n) is 3.40. The summed E-state index contributed by atoms with van der Waals surface area (Å²) in [5.74, 6) is 0.955. The van der Waals surface area contributed by atoms with Crippen molar-refractivity contribution in [2.24, 2.45) is 4.99 Å². The van der Waals surface area contributed by atoms with Crippen molar-refractivity contribution in [2.45, 2.75) is 38.6 Å². The van der Waals surface area contributed by atoms with Crippen LogP contribution in [0, 0.1) is 0 Å². The van der Waals surface area contributed by atoms with Gasteiger partial charge in [0.05, 0.1) is 5.70 Å². The standard InChI is InChI=1S/C13H18N2O.C3H9N/c1-3-10-8-12(9-16)15(13(10)14-2)11-6-4-5-7-11;1-4(2)3/h3,8-9,11H,4-7H2,1-2H3;1-3H3/b10-3-,14-13?;. The fourth-order valence-corrected chi connectivity index (χ4v) is 2.64. The van der Waals surface area contributed by atoms with Gasteiger partial charge in [0.25, 0.3) is 0 Å². The van der Waals surface area contributed by atoms with Crippen molar-refractivity contribution in [3.05, 3.63) is 23.4 Å². The molecule has 0 bridgehead atoms. The minimum absolute atomic E-state index is 0.465. The summed E-state index contributed by atoms with van der Waals surface area (Å²) in [7, 11) is 7.79. The molecule has 0 amide bonds. The fraction of sp³-hybridized carbons (Fsp3) is 0.625. The number of allylic oxidation sites excluding steroid dienone is 2. The average Bonchev–Trinajstić information content (AvgIpc) is 3.03. The van der Waals surface area contributed by atoms with Crippen LogP contribution in [0.4, 0.5) is 0 Å². The molecule has 2 aliphatic rings. The monoisotopic (exact) mass is 277 g/mol. The Bertz CT molecular complexity index is 411. The Morgan fingerprint density at radius 3 is 2.25 bits per heavy atom. The quantitative estimate of drug-likeness (QED) is 0.728. The van der Waals surface area contributed by atoms with Crippen LogP contribution in [0.5, 0.6) is 0 Å². The number of rotatable bonds is 2. The van der Waals surface area contributed by atoms with E-state index in [1.807, 2.05) is 45.1 Å². The van der Waals surface area contributed by atoms with Crippen LogP contribution < -0.4 is 0 Å². The summed E-state index contributed by atoms with van der Waals surface area (Å²) in [5.41, 5.74) is 1.83. The van der Waals surface area contributed by atoms with Gasteiger partial charge in [0.1, 0.15) is 5.84 Å².